The summed E-state index contributed by atoms with van der Waals surface area (Å²) < 4.78 is 15.3. The molecule has 0 saturated heterocycles. The maximum atomic E-state index is 14.2. The Labute approximate surface area is 169 Å². The van der Waals surface area contributed by atoms with E-state index in [1.54, 1.807) is 13.0 Å². The number of oxime groups is 1. The highest BCUT2D eigenvalue weighted by molar-refractivity contribution is 6.07. The molecule has 0 saturated carbocycles. The number of nitrogens with zero attached hydrogens (tertiary/aromatic N) is 3. The summed E-state index contributed by atoms with van der Waals surface area (Å²) >= 11 is 0. The molecule has 2 aromatic carbocycles. The van der Waals surface area contributed by atoms with Crippen LogP contribution in [0.3, 0.4) is 0 Å². The molecule has 0 aliphatic heterocycles. The number of carbonyl (C=O) groups is 1. The van der Waals surface area contributed by atoms with Gasteiger partial charge in [-0.05, 0) is 38.0 Å². The minimum absolute atomic E-state index is 0.0552. The summed E-state index contributed by atoms with van der Waals surface area (Å²) in [6, 6.07) is 15.2. The fourth-order valence-electron chi connectivity index (χ4n) is 3.02. The van der Waals surface area contributed by atoms with Crippen LogP contribution in [0, 0.1) is 12.9 Å². The van der Waals surface area contributed by atoms with Gasteiger partial charge in [0.1, 0.15) is 12.2 Å². The number of carbonyl (C=O) groups excluding carboxylic acids is 1. The first-order chi connectivity index (χ1) is 13.9. The van der Waals surface area contributed by atoms with Gasteiger partial charge in [0.2, 0.25) is 5.95 Å². The number of hydrogen-bond acceptors (Lipinski definition) is 4. The van der Waals surface area contributed by atoms with Crippen LogP contribution in [0.5, 0.6) is 0 Å². The highest BCUT2D eigenvalue weighted by atomic mass is 19.1. The Kier molecular flexibility index (Phi) is 6.07. The third-order valence-corrected chi connectivity index (χ3v) is 4.50. The van der Waals surface area contributed by atoms with Crippen molar-refractivity contribution < 1.29 is 14.0 Å². The zero-order valence-electron chi connectivity index (χ0n) is 16.9. The van der Waals surface area contributed by atoms with Crippen LogP contribution in [0.2, 0.25) is 0 Å². The van der Waals surface area contributed by atoms with Gasteiger partial charge < -0.3 is 10.2 Å². The van der Waals surface area contributed by atoms with Gasteiger partial charge in [-0.3, -0.25) is 4.79 Å². The van der Waals surface area contributed by atoms with Gasteiger partial charge in [-0.2, -0.15) is 9.49 Å². The molecule has 0 bridgehead atoms. The van der Waals surface area contributed by atoms with Crippen molar-refractivity contribution in [3.63, 3.8) is 0 Å². The number of para-hydroxylation sites is 1. The maximum Gasteiger partial charge on any atom is 0.262 e. The van der Waals surface area contributed by atoms with Crippen molar-refractivity contribution >= 4 is 17.3 Å². The molecule has 0 aliphatic rings. The van der Waals surface area contributed by atoms with E-state index >= 15 is 0 Å². The number of aryl methyl sites for hydroxylation is 2. The normalized spacial score (nSPS) is 11.4. The Morgan fingerprint density at radius 3 is 2.52 bits per heavy atom. The van der Waals surface area contributed by atoms with Crippen LogP contribution in [-0.4, -0.2) is 28.0 Å². The summed E-state index contributed by atoms with van der Waals surface area (Å²) in [6.07, 6.45) is 0. The first-order valence-electron chi connectivity index (χ1n) is 9.29. The van der Waals surface area contributed by atoms with Gasteiger partial charge in [-0.1, -0.05) is 47.6 Å². The standard InChI is InChI=1S/C22H23FN4O2/c1-5-29-26-14(2)16-10-12-17(13-11-16)18-8-6-7-9-19(18)24-22(28)20-15(3)25-27(4)21(20)23/h6-13H,5H2,1-4H3,(H,24,28)/b26-14+. The molecule has 0 atom stereocenters. The highest BCUT2D eigenvalue weighted by Gasteiger charge is 2.21. The second-order valence-corrected chi connectivity index (χ2v) is 6.55. The van der Waals surface area contributed by atoms with Gasteiger partial charge in [0.05, 0.1) is 11.4 Å². The quantitative estimate of drug-likeness (QED) is 0.493. The molecule has 1 aromatic heterocycles. The van der Waals surface area contributed by atoms with Gasteiger partial charge in [0.15, 0.2) is 0 Å². The molecule has 150 valence electrons. The Morgan fingerprint density at radius 1 is 1.21 bits per heavy atom. The van der Waals surface area contributed by atoms with E-state index < -0.39 is 11.9 Å². The summed E-state index contributed by atoms with van der Waals surface area (Å²) in [5.74, 6) is -1.19. The summed E-state index contributed by atoms with van der Waals surface area (Å²) in [6.45, 7) is 5.88. The highest BCUT2D eigenvalue weighted by Crippen LogP contribution is 2.29. The molecule has 0 fully saturated rings. The lowest BCUT2D eigenvalue weighted by atomic mass is 10.0. The number of rotatable bonds is 6. The lowest BCUT2D eigenvalue weighted by Crippen LogP contribution is -2.15. The second-order valence-electron chi connectivity index (χ2n) is 6.55. The SMILES string of the molecule is CCO/N=C(\C)c1ccc(-c2ccccc2NC(=O)c2c(C)nn(C)c2F)cc1. The van der Waals surface area contributed by atoms with Crippen LogP contribution in [0.25, 0.3) is 11.1 Å². The summed E-state index contributed by atoms with van der Waals surface area (Å²) in [5, 5.41) is 10.8. The minimum atomic E-state index is -0.661. The van der Waals surface area contributed by atoms with Crippen molar-refractivity contribution in [2.45, 2.75) is 20.8 Å². The number of hydrogen-bond donors (Lipinski definition) is 1. The molecule has 0 spiro atoms. The first kappa shape index (κ1) is 20.3. The average molecular weight is 394 g/mol. The first-order valence-corrected chi connectivity index (χ1v) is 9.29. The van der Waals surface area contributed by atoms with Crippen molar-refractivity contribution in [2.24, 2.45) is 12.2 Å². The minimum Gasteiger partial charge on any atom is -0.396 e. The van der Waals surface area contributed by atoms with Crippen LogP contribution in [0.15, 0.2) is 53.7 Å². The van der Waals surface area contributed by atoms with Crippen molar-refractivity contribution in [3.8, 4) is 11.1 Å². The molecule has 0 aliphatic carbocycles. The van der Waals surface area contributed by atoms with Crippen molar-refractivity contribution in [1.29, 1.82) is 0 Å². The van der Waals surface area contributed by atoms with Gasteiger partial charge in [0.25, 0.3) is 5.91 Å². The van der Waals surface area contributed by atoms with Crippen LogP contribution < -0.4 is 5.32 Å². The van der Waals surface area contributed by atoms with Crippen molar-refractivity contribution in [3.05, 3.63) is 71.3 Å². The molecule has 1 amide bonds. The lowest BCUT2D eigenvalue weighted by molar-refractivity contribution is 0.102. The smallest absolute Gasteiger partial charge is 0.262 e. The van der Waals surface area contributed by atoms with Gasteiger partial charge >= 0.3 is 0 Å². The van der Waals surface area contributed by atoms with Crippen molar-refractivity contribution in [1.82, 2.24) is 9.78 Å². The van der Waals surface area contributed by atoms with Gasteiger partial charge in [-0.25, -0.2) is 4.68 Å². The Hall–Kier alpha value is -3.48. The molecule has 1 N–H and O–H groups in total. The van der Waals surface area contributed by atoms with Crippen LogP contribution in [-0.2, 0) is 11.9 Å². The third-order valence-electron chi connectivity index (χ3n) is 4.50. The van der Waals surface area contributed by atoms with Crippen LogP contribution >= 0.6 is 0 Å². The molecule has 0 radical (unpaired) electrons. The van der Waals surface area contributed by atoms with E-state index in [0.717, 1.165) is 27.1 Å². The molecule has 29 heavy (non-hydrogen) atoms. The fourth-order valence-corrected chi connectivity index (χ4v) is 3.02. The number of benzene rings is 2. The van der Waals surface area contributed by atoms with Crippen LogP contribution in [0.4, 0.5) is 10.1 Å². The molecule has 6 nitrogen and oxygen atoms in total. The molecule has 3 aromatic rings. The Bertz CT molecular complexity index is 1060. The van der Waals surface area contributed by atoms with E-state index in [-0.39, 0.29) is 5.56 Å². The lowest BCUT2D eigenvalue weighted by Gasteiger charge is -2.12. The molecule has 7 heteroatoms. The summed E-state index contributed by atoms with van der Waals surface area (Å²) in [5.41, 5.74) is 4.34. The molecule has 0 unspecified atom stereocenters. The molecular formula is C22H23FN4O2. The van der Waals surface area contributed by atoms with Crippen molar-refractivity contribution in [2.75, 3.05) is 11.9 Å². The monoisotopic (exact) mass is 394 g/mol. The Balaban J connectivity index is 1.88. The topological polar surface area (TPSA) is 68.5 Å². The largest absolute Gasteiger partial charge is 0.396 e. The van der Waals surface area contributed by atoms with Crippen LogP contribution in [0.1, 0.15) is 35.5 Å². The van der Waals surface area contributed by atoms with E-state index in [1.165, 1.54) is 7.05 Å². The number of amides is 1. The summed E-state index contributed by atoms with van der Waals surface area (Å²) in [4.78, 5) is 17.8. The zero-order chi connectivity index (χ0) is 21.0. The average Bonchev–Trinajstić information content (AvgIpc) is 2.98. The van der Waals surface area contributed by atoms with E-state index in [1.807, 2.05) is 56.3 Å². The van der Waals surface area contributed by atoms with E-state index in [9.17, 15) is 9.18 Å². The van der Waals surface area contributed by atoms with E-state index in [2.05, 4.69) is 15.6 Å². The van der Waals surface area contributed by atoms with E-state index in [4.69, 9.17) is 4.84 Å². The molecule has 3 rings (SSSR count). The summed E-state index contributed by atoms with van der Waals surface area (Å²) in [7, 11) is 1.46. The predicted octanol–water partition coefficient (Wildman–Crippen LogP) is 4.55. The molecular weight excluding hydrogens is 371 g/mol. The number of anilines is 1. The fraction of sp³-hybridized carbons (Fsp3) is 0.227. The molecule has 1 heterocycles. The number of nitrogens with one attached hydrogen (secondary N) is 1. The second kappa shape index (κ2) is 8.68. The van der Waals surface area contributed by atoms with Gasteiger partial charge in [0, 0.05) is 18.3 Å². The van der Waals surface area contributed by atoms with E-state index in [0.29, 0.717) is 18.0 Å². The maximum absolute atomic E-state index is 14.2. The number of aromatic nitrogens is 2. The predicted molar refractivity (Wildman–Crippen MR) is 112 cm³/mol. The van der Waals surface area contributed by atoms with Gasteiger partial charge in [-0.15, -0.1) is 0 Å². The Morgan fingerprint density at radius 2 is 1.90 bits per heavy atom. The third kappa shape index (κ3) is 4.34. The number of halogens is 1. The zero-order valence-corrected chi connectivity index (χ0v) is 16.9.